The summed E-state index contributed by atoms with van der Waals surface area (Å²) < 4.78 is 0. The molecule has 1 aromatic carbocycles. The first kappa shape index (κ1) is 15.5. The average Bonchev–Trinajstić information content (AvgIpc) is 2.77. The lowest BCUT2D eigenvalue weighted by Crippen LogP contribution is -2.39. The van der Waals surface area contributed by atoms with Gasteiger partial charge in [-0.1, -0.05) is 25.0 Å². The molecule has 2 rings (SSSR count). The Morgan fingerprint density at radius 3 is 2.67 bits per heavy atom. The molecule has 1 aromatic rings. The van der Waals surface area contributed by atoms with Gasteiger partial charge < -0.3 is 10.6 Å². The van der Waals surface area contributed by atoms with Crippen molar-refractivity contribution in [3.05, 3.63) is 29.8 Å². The highest BCUT2D eigenvalue weighted by atomic mass is 16.2. The number of benzene rings is 1. The molecule has 0 spiro atoms. The van der Waals surface area contributed by atoms with Crippen LogP contribution in [-0.2, 0) is 10.2 Å². The Balaban J connectivity index is 2.00. The summed E-state index contributed by atoms with van der Waals surface area (Å²) >= 11 is 0. The summed E-state index contributed by atoms with van der Waals surface area (Å²) in [5.74, 6) is 0.0317. The fourth-order valence-corrected chi connectivity index (χ4v) is 2.52. The van der Waals surface area contributed by atoms with Gasteiger partial charge >= 0.3 is 0 Å². The minimum absolute atomic E-state index is 0.0317. The normalized spacial score (nSPS) is 19.4. The zero-order valence-corrected chi connectivity index (χ0v) is 12.8. The largest absolute Gasteiger partial charge is 0.325 e. The topological polar surface area (TPSA) is 64.9 Å². The second-order valence-electron chi connectivity index (χ2n) is 6.16. The Bertz CT molecular complexity index is 520. The molecule has 112 valence electrons. The molecule has 1 amide bonds. The number of rotatable bonds is 3. The molecule has 0 aliphatic carbocycles. The van der Waals surface area contributed by atoms with E-state index in [2.05, 4.69) is 16.7 Å². The fourth-order valence-electron chi connectivity index (χ4n) is 2.52. The van der Waals surface area contributed by atoms with E-state index in [-0.39, 0.29) is 11.9 Å². The monoisotopic (exact) mass is 285 g/mol. The first-order chi connectivity index (χ1) is 10.0. The lowest BCUT2D eigenvalue weighted by molar-refractivity contribution is -0.118. The van der Waals surface area contributed by atoms with Gasteiger partial charge in [0.15, 0.2) is 0 Å². The molecule has 0 aromatic heterocycles. The Labute approximate surface area is 126 Å². The van der Waals surface area contributed by atoms with Crippen molar-refractivity contribution in [3.63, 3.8) is 0 Å². The summed E-state index contributed by atoms with van der Waals surface area (Å²) in [5, 5.41) is 15.4. The second-order valence-corrected chi connectivity index (χ2v) is 6.16. The van der Waals surface area contributed by atoms with Crippen LogP contribution in [0.15, 0.2) is 24.3 Å². The van der Waals surface area contributed by atoms with Crippen LogP contribution in [0.4, 0.5) is 5.69 Å². The van der Waals surface area contributed by atoms with Gasteiger partial charge in [0, 0.05) is 5.69 Å². The third-order valence-corrected chi connectivity index (χ3v) is 4.03. The molecule has 0 saturated carbocycles. The molecule has 0 bridgehead atoms. The van der Waals surface area contributed by atoms with Gasteiger partial charge in [0.25, 0.3) is 0 Å². The molecule has 1 heterocycles. The highest BCUT2D eigenvalue weighted by Crippen LogP contribution is 2.23. The van der Waals surface area contributed by atoms with Gasteiger partial charge in [-0.2, -0.15) is 5.26 Å². The number of carbonyl (C=O) groups is 1. The smallest absolute Gasteiger partial charge is 0.241 e. The molecule has 1 saturated heterocycles. The number of hydrogen-bond donors (Lipinski definition) is 2. The van der Waals surface area contributed by atoms with E-state index in [9.17, 15) is 4.79 Å². The third-order valence-electron chi connectivity index (χ3n) is 4.03. The molecule has 1 aliphatic rings. The number of anilines is 1. The van der Waals surface area contributed by atoms with Crippen LogP contribution < -0.4 is 10.6 Å². The Morgan fingerprint density at radius 2 is 2.00 bits per heavy atom. The predicted molar refractivity (Wildman–Crippen MR) is 84.0 cm³/mol. The van der Waals surface area contributed by atoms with Gasteiger partial charge in [-0.05, 0) is 50.9 Å². The van der Waals surface area contributed by atoms with Crippen molar-refractivity contribution in [3.8, 4) is 6.07 Å². The number of amides is 1. The van der Waals surface area contributed by atoms with Gasteiger partial charge in [-0.25, -0.2) is 0 Å². The number of nitrogens with one attached hydrogen (secondary N) is 2. The summed E-state index contributed by atoms with van der Waals surface area (Å²) in [7, 11) is 0. The van der Waals surface area contributed by atoms with Crippen LogP contribution in [0.25, 0.3) is 0 Å². The minimum Gasteiger partial charge on any atom is -0.325 e. The maximum atomic E-state index is 12.2. The van der Waals surface area contributed by atoms with Crippen LogP contribution in [0.2, 0.25) is 0 Å². The van der Waals surface area contributed by atoms with Gasteiger partial charge in [-0.3, -0.25) is 4.79 Å². The molecule has 1 unspecified atom stereocenters. The molecular formula is C17H23N3O. The highest BCUT2D eigenvalue weighted by molar-refractivity contribution is 5.94. The molecule has 0 radical (unpaired) electrons. The van der Waals surface area contributed by atoms with Gasteiger partial charge in [0.05, 0.1) is 17.5 Å². The second kappa shape index (κ2) is 6.73. The first-order valence-electron chi connectivity index (χ1n) is 7.59. The van der Waals surface area contributed by atoms with Crippen LogP contribution in [0.1, 0.15) is 45.1 Å². The molecule has 1 fully saturated rings. The van der Waals surface area contributed by atoms with Crippen LogP contribution in [-0.4, -0.2) is 18.5 Å². The maximum absolute atomic E-state index is 12.2. The number of nitriles is 1. The fraction of sp³-hybridized carbons (Fsp3) is 0.529. The Morgan fingerprint density at radius 1 is 1.29 bits per heavy atom. The Kier molecular flexibility index (Phi) is 4.98. The van der Waals surface area contributed by atoms with Gasteiger partial charge in [-0.15, -0.1) is 0 Å². The van der Waals surface area contributed by atoms with E-state index in [0.717, 1.165) is 37.1 Å². The van der Waals surface area contributed by atoms with Crippen LogP contribution >= 0.6 is 0 Å². The van der Waals surface area contributed by atoms with Crippen molar-refractivity contribution in [1.82, 2.24) is 5.32 Å². The molecule has 21 heavy (non-hydrogen) atoms. The van der Waals surface area contributed by atoms with E-state index < -0.39 is 5.41 Å². The number of carbonyl (C=O) groups excluding carboxylic acids is 1. The van der Waals surface area contributed by atoms with E-state index >= 15 is 0 Å². The zero-order valence-electron chi connectivity index (χ0n) is 12.8. The lowest BCUT2D eigenvalue weighted by Gasteiger charge is -2.18. The van der Waals surface area contributed by atoms with Crippen LogP contribution in [0.5, 0.6) is 0 Å². The molecule has 1 atom stereocenters. The van der Waals surface area contributed by atoms with E-state index in [0.29, 0.717) is 0 Å². The highest BCUT2D eigenvalue weighted by Gasteiger charge is 2.21. The van der Waals surface area contributed by atoms with E-state index in [1.807, 2.05) is 38.1 Å². The maximum Gasteiger partial charge on any atom is 0.241 e. The number of hydrogen-bond acceptors (Lipinski definition) is 3. The van der Waals surface area contributed by atoms with E-state index in [1.165, 1.54) is 6.42 Å². The quantitative estimate of drug-likeness (QED) is 0.897. The van der Waals surface area contributed by atoms with Crippen molar-refractivity contribution in [2.75, 3.05) is 11.9 Å². The zero-order chi connectivity index (χ0) is 15.3. The summed E-state index contributed by atoms with van der Waals surface area (Å²) in [5.41, 5.74) is 1.23. The first-order valence-corrected chi connectivity index (χ1v) is 7.59. The number of nitrogens with zero attached hydrogens (tertiary/aromatic N) is 1. The summed E-state index contributed by atoms with van der Waals surface area (Å²) in [6.07, 6.45) is 4.32. The van der Waals surface area contributed by atoms with E-state index in [4.69, 9.17) is 5.26 Å². The third kappa shape index (κ3) is 4.05. The Hall–Kier alpha value is -1.86. The molecule has 1 aliphatic heterocycles. The molecular weight excluding hydrogens is 262 g/mol. The lowest BCUT2D eigenvalue weighted by atomic mass is 9.86. The minimum atomic E-state index is -0.509. The summed E-state index contributed by atoms with van der Waals surface area (Å²) in [4.78, 5) is 12.2. The predicted octanol–water partition coefficient (Wildman–Crippen LogP) is 2.96. The van der Waals surface area contributed by atoms with E-state index in [1.54, 1.807) is 0 Å². The standard InChI is InChI=1S/C17H23N3O/c1-17(2,12-18)13-7-9-14(10-8-13)20-16(21)15-6-4-3-5-11-19-15/h7-10,15,19H,3-6,11H2,1-2H3,(H,20,21). The average molecular weight is 285 g/mol. The van der Waals surface area contributed by atoms with Crippen molar-refractivity contribution >= 4 is 11.6 Å². The van der Waals surface area contributed by atoms with Crippen molar-refractivity contribution in [2.45, 2.75) is 51.0 Å². The van der Waals surface area contributed by atoms with Crippen molar-refractivity contribution in [2.24, 2.45) is 0 Å². The summed E-state index contributed by atoms with van der Waals surface area (Å²) in [6.45, 7) is 4.68. The van der Waals surface area contributed by atoms with Crippen LogP contribution in [0.3, 0.4) is 0 Å². The summed E-state index contributed by atoms with van der Waals surface area (Å²) in [6, 6.07) is 9.72. The molecule has 2 N–H and O–H groups in total. The molecule has 4 nitrogen and oxygen atoms in total. The van der Waals surface area contributed by atoms with Crippen molar-refractivity contribution in [1.29, 1.82) is 5.26 Å². The van der Waals surface area contributed by atoms with Crippen LogP contribution in [0, 0.1) is 11.3 Å². The van der Waals surface area contributed by atoms with Crippen molar-refractivity contribution < 1.29 is 4.79 Å². The van der Waals surface area contributed by atoms with Gasteiger partial charge in [0.1, 0.15) is 0 Å². The SMILES string of the molecule is CC(C)(C#N)c1ccc(NC(=O)C2CCCCCN2)cc1. The molecule has 4 heteroatoms. The van der Waals surface area contributed by atoms with Gasteiger partial charge in [0.2, 0.25) is 5.91 Å².